The first-order valence-electron chi connectivity index (χ1n) is 14.9. The molecule has 9 nitrogen and oxygen atoms in total. The number of carbonyl (C=O) groups excluding carboxylic acids is 4. The molecule has 3 heterocycles. The predicted molar refractivity (Wildman–Crippen MR) is 160 cm³/mol. The van der Waals surface area contributed by atoms with Crippen molar-refractivity contribution in [3.63, 3.8) is 0 Å². The van der Waals surface area contributed by atoms with Crippen molar-refractivity contribution < 1.29 is 19.2 Å². The Balaban J connectivity index is 1.10. The van der Waals surface area contributed by atoms with Crippen LogP contribution < -0.4 is 11.1 Å². The third-order valence-corrected chi connectivity index (χ3v) is 9.29. The monoisotopic (exact) mass is 569 g/mol. The maximum atomic E-state index is 13.5. The molecule has 0 saturated carbocycles. The van der Waals surface area contributed by atoms with E-state index in [-0.39, 0.29) is 36.1 Å². The summed E-state index contributed by atoms with van der Waals surface area (Å²) in [6.07, 6.45) is 3.82. The standard InChI is InChI=1S/C33H39N5O4/c1-33(2)12-11-23(27(18-33)21-3-6-25(34)7-4-21)19-36-13-15-37(16-14-36)31(41)22-5-8-26-24(17-22)20-38(32(26)42)28-9-10-29(39)35-30(28)40/h3-8,17,28H,9-16,18-20,34H2,1-2H3,(H,35,39,40). The number of amides is 4. The van der Waals surface area contributed by atoms with Gasteiger partial charge >= 0.3 is 0 Å². The fraction of sp³-hybridized carbons (Fsp3) is 0.455. The minimum Gasteiger partial charge on any atom is -0.399 e. The van der Waals surface area contributed by atoms with Crippen LogP contribution in [-0.2, 0) is 16.1 Å². The predicted octanol–water partition coefficient (Wildman–Crippen LogP) is 3.45. The topological polar surface area (TPSA) is 116 Å². The van der Waals surface area contributed by atoms with Gasteiger partial charge in [-0.2, -0.15) is 0 Å². The molecular weight excluding hydrogens is 530 g/mol. The van der Waals surface area contributed by atoms with Crippen LogP contribution in [0.1, 0.15) is 77.8 Å². The molecule has 6 rings (SSSR count). The second-order valence-electron chi connectivity index (χ2n) is 12.9. The lowest BCUT2D eigenvalue weighted by Gasteiger charge is -2.38. The van der Waals surface area contributed by atoms with E-state index in [9.17, 15) is 19.2 Å². The van der Waals surface area contributed by atoms with Gasteiger partial charge in [0.25, 0.3) is 11.8 Å². The summed E-state index contributed by atoms with van der Waals surface area (Å²) in [5.74, 6) is -1.01. The Labute approximate surface area is 246 Å². The molecule has 220 valence electrons. The Morgan fingerprint density at radius 3 is 2.45 bits per heavy atom. The average Bonchev–Trinajstić information content (AvgIpc) is 3.29. The van der Waals surface area contributed by atoms with Crippen molar-refractivity contribution in [2.24, 2.45) is 5.41 Å². The Bertz CT molecular complexity index is 1470. The minimum atomic E-state index is -0.666. The third-order valence-electron chi connectivity index (χ3n) is 9.29. The summed E-state index contributed by atoms with van der Waals surface area (Å²) in [4.78, 5) is 56.3. The number of nitrogens with one attached hydrogen (secondary N) is 1. The van der Waals surface area contributed by atoms with Crippen molar-refractivity contribution in [1.82, 2.24) is 20.0 Å². The van der Waals surface area contributed by atoms with Gasteiger partial charge in [0.05, 0.1) is 0 Å². The van der Waals surface area contributed by atoms with Crippen molar-refractivity contribution in [3.05, 3.63) is 70.3 Å². The highest BCUT2D eigenvalue weighted by Crippen LogP contribution is 2.43. The number of benzene rings is 2. The number of allylic oxidation sites excluding steroid dienone is 1. The highest BCUT2D eigenvalue weighted by Gasteiger charge is 2.39. The van der Waals surface area contributed by atoms with Crippen LogP contribution in [0.25, 0.3) is 5.57 Å². The number of piperazine rings is 1. The van der Waals surface area contributed by atoms with Gasteiger partial charge in [0.2, 0.25) is 11.8 Å². The molecule has 3 N–H and O–H groups in total. The molecular formula is C33H39N5O4. The molecule has 4 amide bonds. The smallest absolute Gasteiger partial charge is 0.255 e. The fourth-order valence-corrected chi connectivity index (χ4v) is 6.77. The number of carbonyl (C=O) groups is 4. The van der Waals surface area contributed by atoms with Crippen LogP contribution in [0.3, 0.4) is 0 Å². The van der Waals surface area contributed by atoms with Gasteiger partial charge in [0.1, 0.15) is 6.04 Å². The molecule has 1 atom stereocenters. The van der Waals surface area contributed by atoms with E-state index >= 15 is 0 Å². The Morgan fingerprint density at radius 1 is 1.00 bits per heavy atom. The molecule has 42 heavy (non-hydrogen) atoms. The van der Waals surface area contributed by atoms with E-state index in [1.54, 1.807) is 18.2 Å². The lowest BCUT2D eigenvalue weighted by atomic mass is 9.72. The summed E-state index contributed by atoms with van der Waals surface area (Å²) >= 11 is 0. The van der Waals surface area contributed by atoms with E-state index in [4.69, 9.17) is 5.73 Å². The van der Waals surface area contributed by atoms with Crippen LogP contribution in [0, 0.1) is 5.41 Å². The molecule has 3 aliphatic heterocycles. The second-order valence-corrected chi connectivity index (χ2v) is 12.9. The summed E-state index contributed by atoms with van der Waals surface area (Å²) in [7, 11) is 0. The molecule has 4 aliphatic rings. The van der Waals surface area contributed by atoms with Crippen molar-refractivity contribution >= 4 is 34.9 Å². The number of fused-ring (bicyclic) bond motifs is 1. The van der Waals surface area contributed by atoms with Crippen LogP contribution in [0.2, 0.25) is 0 Å². The zero-order valence-electron chi connectivity index (χ0n) is 24.4. The quantitative estimate of drug-likeness (QED) is 0.421. The van der Waals surface area contributed by atoms with Crippen LogP contribution in [0.5, 0.6) is 0 Å². The SMILES string of the molecule is CC1(C)CCC(CN2CCN(C(=O)c3ccc4c(c3)CN(C3CCC(=O)NC3=O)C4=O)CC2)=C(c2ccc(N)cc2)C1. The zero-order chi connectivity index (χ0) is 29.6. The van der Waals surface area contributed by atoms with E-state index in [2.05, 4.69) is 36.2 Å². The molecule has 2 fully saturated rings. The molecule has 1 aliphatic carbocycles. The van der Waals surface area contributed by atoms with E-state index < -0.39 is 11.9 Å². The van der Waals surface area contributed by atoms with Crippen molar-refractivity contribution in [1.29, 1.82) is 0 Å². The maximum absolute atomic E-state index is 13.5. The van der Waals surface area contributed by atoms with Gasteiger partial charge in [-0.15, -0.1) is 0 Å². The molecule has 2 aromatic carbocycles. The van der Waals surface area contributed by atoms with E-state index in [1.165, 1.54) is 28.0 Å². The third kappa shape index (κ3) is 5.57. The van der Waals surface area contributed by atoms with Crippen LogP contribution in [-0.4, -0.2) is 77.1 Å². The Morgan fingerprint density at radius 2 is 1.74 bits per heavy atom. The molecule has 0 radical (unpaired) electrons. The number of imide groups is 1. The number of hydrogen-bond donors (Lipinski definition) is 2. The number of piperidine rings is 1. The van der Waals surface area contributed by atoms with Gasteiger partial charge in [-0.05, 0) is 78.1 Å². The average molecular weight is 570 g/mol. The first-order chi connectivity index (χ1) is 20.1. The van der Waals surface area contributed by atoms with Crippen molar-refractivity contribution in [2.75, 3.05) is 38.5 Å². The normalized spacial score (nSPS) is 22.8. The highest BCUT2D eigenvalue weighted by molar-refractivity contribution is 6.06. The summed E-state index contributed by atoms with van der Waals surface area (Å²) in [5.41, 5.74) is 13.0. The fourth-order valence-electron chi connectivity index (χ4n) is 6.77. The molecule has 0 spiro atoms. The zero-order valence-corrected chi connectivity index (χ0v) is 24.4. The van der Waals surface area contributed by atoms with Gasteiger partial charge in [0, 0.05) is 62.5 Å². The Hall–Kier alpha value is -3.98. The number of anilines is 1. The first-order valence-corrected chi connectivity index (χ1v) is 14.9. The van der Waals surface area contributed by atoms with Gasteiger partial charge < -0.3 is 15.5 Å². The molecule has 9 heteroatoms. The second kappa shape index (κ2) is 11.0. The van der Waals surface area contributed by atoms with Crippen molar-refractivity contribution in [3.8, 4) is 0 Å². The van der Waals surface area contributed by atoms with E-state index in [0.29, 0.717) is 30.6 Å². The summed E-state index contributed by atoms with van der Waals surface area (Å²) in [5, 5.41) is 2.33. The molecule has 0 aromatic heterocycles. The Kier molecular flexibility index (Phi) is 7.39. The maximum Gasteiger partial charge on any atom is 0.255 e. The van der Waals surface area contributed by atoms with Crippen LogP contribution in [0.4, 0.5) is 5.69 Å². The number of rotatable bonds is 5. The van der Waals surface area contributed by atoms with Crippen LogP contribution >= 0.6 is 0 Å². The summed E-state index contributed by atoms with van der Waals surface area (Å²) < 4.78 is 0. The molecule has 1 unspecified atom stereocenters. The molecule has 0 bridgehead atoms. The van der Waals surface area contributed by atoms with Crippen molar-refractivity contribution in [2.45, 2.75) is 58.5 Å². The van der Waals surface area contributed by atoms with Gasteiger partial charge in [-0.25, -0.2) is 0 Å². The van der Waals surface area contributed by atoms with Gasteiger partial charge in [-0.3, -0.25) is 29.4 Å². The molecule has 2 aromatic rings. The minimum absolute atomic E-state index is 0.0365. The lowest BCUT2D eigenvalue weighted by Crippen LogP contribution is -2.52. The number of hydrogen-bond acceptors (Lipinski definition) is 6. The highest BCUT2D eigenvalue weighted by atomic mass is 16.2. The lowest BCUT2D eigenvalue weighted by molar-refractivity contribution is -0.136. The van der Waals surface area contributed by atoms with Crippen LogP contribution in [0.15, 0.2) is 48.0 Å². The number of nitrogens with two attached hydrogens (primary N) is 1. The number of nitrogens with zero attached hydrogens (tertiary/aromatic N) is 3. The summed E-state index contributed by atoms with van der Waals surface area (Å²) in [6, 6.07) is 12.8. The van der Waals surface area contributed by atoms with E-state index in [0.717, 1.165) is 43.7 Å². The largest absolute Gasteiger partial charge is 0.399 e. The first kappa shape index (κ1) is 28.2. The van der Waals surface area contributed by atoms with E-state index in [1.807, 2.05) is 17.0 Å². The summed E-state index contributed by atoms with van der Waals surface area (Å²) in [6.45, 7) is 8.76. The van der Waals surface area contributed by atoms with Gasteiger partial charge in [-0.1, -0.05) is 31.6 Å². The van der Waals surface area contributed by atoms with Gasteiger partial charge in [0.15, 0.2) is 0 Å². The number of nitrogen functional groups attached to an aromatic ring is 1. The molecule has 2 saturated heterocycles.